The Balaban J connectivity index is 1.66. The lowest BCUT2D eigenvalue weighted by Crippen LogP contribution is -2.36. The molecule has 1 aliphatic carbocycles. The number of halogens is 3. The molecule has 0 atom stereocenters. The zero-order valence-corrected chi connectivity index (χ0v) is 13.5. The van der Waals surface area contributed by atoms with Crippen molar-refractivity contribution in [1.82, 2.24) is 9.97 Å². The molecule has 0 spiro atoms. The summed E-state index contributed by atoms with van der Waals surface area (Å²) in [6.45, 7) is 0.757. The van der Waals surface area contributed by atoms with Gasteiger partial charge in [-0.25, -0.2) is 18.2 Å². The minimum Gasteiger partial charge on any atom is -0.349 e. The van der Waals surface area contributed by atoms with E-state index in [1.54, 1.807) is 6.20 Å². The van der Waals surface area contributed by atoms with Crippen LogP contribution in [0.3, 0.4) is 0 Å². The zero-order valence-electron chi connectivity index (χ0n) is 13.5. The Morgan fingerprint density at radius 2 is 1.80 bits per heavy atom. The molecule has 1 fully saturated rings. The molecule has 7 heteroatoms. The molecule has 4 nitrogen and oxygen atoms in total. The van der Waals surface area contributed by atoms with Crippen LogP contribution in [0.5, 0.6) is 0 Å². The maximum atomic E-state index is 13.8. The largest absolute Gasteiger partial charge is 0.349 e. The van der Waals surface area contributed by atoms with Gasteiger partial charge in [0.2, 0.25) is 5.95 Å². The topological polar surface area (TPSA) is 41.1 Å². The summed E-state index contributed by atoms with van der Waals surface area (Å²) in [6.07, 6.45) is 10.3. The molecule has 2 aliphatic rings. The fraction of sp³-hybridized carbons (Fsp3) is 0.333. The van der Waals surface area contributed by atoms with E-state index in [2.05, 4.69) is 26.3 Å². The molecule has 0 amide bonds. The predicted octanol–water partition coefficient (Wildman–Crippen LogP) is 4.41. The molecule has 130 valence electrons. The lowest BCUT2D eigenvalue weighted by atomic mass is 10.1. The highest BCUT2D eigenvalue weighted by Crippen LogP contribution is 2.33. The first-order chi connectivity index (χ1) is 12.1. The van der Waals surface area contributed by atoms with Crippen molar-refractivity contribution < 1.29 is 13.2 Å². The van der Waals surface area contributed by atoms with Crippen LogP contribution in [-0.2, 0) is 0 Å². The van der Waals surface area contributed by atoms with Gasteiger partial charge in [0, 0.05) is 36.5 Å². The van der Waals surface area contributed by atoms with Crippen molar-refractivity contribution in [2.45, 2.75) is 31.7 Å². The SMILES string of the molecule is Fc1cc(F)c(Nc2ncc3c(n2)N(C2CCCC2)CC=C3)c(F)c1. The Morgan fingerprint density at radius 1 is 1.08 bits per heavy atom. The smallest absolute Gasteiger partial charge is 0.229 e. The maximum absolute atomic E-state index is 13.8. The molecule has 0 radical (unpaired) electrons. The third-order valence-electron chi connectivity index (χ3n) is 4.68. The molecule has 1 aliphatic heterocycles. The van der Waals surface area contributed by atoms with Gasteiger partial charge < -0.3 is 10.2 Å². The molecule has 2 aromatic rings. The van der Waals surface area contributed by atoms with Crippen LogP contribution in [0.4, 0.5) is 30.6 Å². The number of hydrogen-bond donors (Lipinski definition) is 1. The van der Waals surface area contributed by atoms with Crippen molar-refractivity contribution in [3.8, 4) is 0 Å². The highest BCUT2D eigenvalue weighted by Gasteiger charge is 2.26. The van der Waals surface area contributed by atoms with E-state index in [0.29, 0.717) is 18.2 Å². The van der Waals surface area contributed by atoms with Gasteiger partial charge in [-0.05, 0) is 12.8 Å². The van der Waals surface area contributed by atoms with E-state index in [1.807, 2.05) is 6.08 Å². The van der Waals surface area contributed by atoms with Crippen LogP contribution < -0.4 is 10.2 Å². The molecule has 1 aromatic carbocycles. The van der Waals surface area contributed by atoms with Crippen molar-refractivity contribution in [1.29, 1.82) is 0 Å². The van der Waals surface area contributed by atoms with E-state index in [4.69, 9.17) is 0 Å². The van der Waals surface area contributed by atoms with Crippen molar-refractivity contribution >= 4 is 23.5 Å². The Labute approximate surface area is 143 Å². The van der Waals surface area contributed by atoms with Gasteiger partial charge in [0.05, 0.1) is 0 Å². The summed E-state index contributed by atoms with van der Waals surface area (Å²) in [5.74, 6) is -2.17. The Hall–Kier alpha value is -2.57. The molecule has 1 saturated carbocycles. The second-order valence-electron chi connectivity index (χ2n) is 6.34. The van der Waals surface area contributed by atoms with Crippen LogP contribution in [0.1, 0.15) is 31.2 Å². The lowest BCUT2D eigenvalue weighted by molar-refractivity contribution is 0.548. The van der Waals surface area contributed by atoms with Crippen LogP contribution in [-0.4, -0.2) is 22.6 Å². The molecule has 0 unspecified atom stereocenters. The van der Waals surface area contributed by atoms with Crippen molar-refractivity contribution in [3.05, 3.63) is 47.4 Å². The second kappa shape index (κ2) is 6.38. The third-order valence-corrected chi connectivity index (χ3v) is 4.68. The summed E-state index contributed by atoms with van der Waals surface area (Å²) in [5.41, 5.74) is 0.420. The summed E-state index contributed by atoms with van der Waals surface area (Å²) in [6, 6.07) is 1.67. The van der Waals surface area contributed by atoms with E-state index in [0.717, 1.165) is 30.8 Å². The van der Waals surface area contributed by atoms with Crippen LogP contribution in [0.2, 0.25) is 0 Å². The van der Waals surface area contributed by atoms with Gasteiger partial charge in [0.15, 0.2) is 11.6 Å². The van der Waals surface area contributed by atoms with E-state index < -0.39 is 23.1 Å². The summed E-state index contributed by atoms with van der Waals surface area (Å²) in [5, 5.41) is 2.54. The minimum atomic E-state index is -1.02. The molecule has 0 saturated heterocycles. The summed E-state index contributed by atoms with van der Waals surface area (Å²) < 4.78 is 40.7. The molecule has 2 heterocycles. The Kier molecular flexibility index (Phi) is 4.07. The fourth-order valence-corrected chi connectivity index (χ4v) is 3.48. The first kappa shape index (κ1) is 15.9. The molecule has 4 rings (SSSR count). The zero-order chi connectivity index (χ0) is 17.4. The quantitative estimate of drug-likeness (QED) is 0.894. The first-order valence-corrected chi connectivity index (χ1v) is 8.33. The van der Waals surface area contributed by atoms with Gasteiger partial charge in [-0.3, -0.25) is 0 Å². The van der Waals surface area contributed by atoms with E-state index in [-0.39, 0.29) is 5.95 Å². The molecule has 0 bridgehead atoms. The Bertz CT molecular complexity index is 808. The number of fused-ring (bicyclic) bond motifs is 1. The molecule has 1 aromatic heterocycles. The van der Waals surface area contributed by atoms with E-state index in [1.165, 1.54) is 12.8 Å². The predicted molar refractivity (Wildman–Crippen MR) is 90.3 cm³/mol. The van der Waals surface area contributed by atoms with E-state index in [9.17, 15) is 13.2 Å². The maximum Gasteiger partial charge on any atom is 0.229 e. The summed E-state index contributed by atoms with van der Waals surface area (Å²) >= 11 is 0. The summed E-state index contributed by atoms with van der Waals surface area (Å²) in [7, 11) is 0. The summed E-state index contributed by atoms with van der Waals surface area (Å²) in [4.78, 5) is 10.8. The third kappa shape index (κ3) is 3.06. The van der Waals surface area contributed by atoms with Crippen LogP contribution >= 0.6 is 0 Å². The van der Waals surface area contributed by atoms with Gasteiger partial charge in [-0.2, -0.15) is 4.98 Å². The number of nitrogens with one attached hydrogen (secondary N) is 1. The fourth-order valence-electron chi connectivity index (χ4n) is 3.48. The monoisotopic (exact) mass is 346 g/mol. The number of rotatable bonds is 3. The van der Waals surface area contributed by atoms with Gasteiger partial charge in [-0.15, -0.1) is 0 Å². The molecule has 1 N–H and O–H groups in total. The standard InChI is InChI=1S/C18H17F3N4/c19-12-8-14(20)16(15(21)9-12)23-18-22-10-11-4-3-7-25(17(11)24-18)13-5-1-2-6-13/h3-4,8-10,13H,1-2,5-7H2,(H,22,23,24). The van der Waals surface area contributed by atoms with Crippen LogP contribution in [0.25, 0.3) is 6.08 Å². The van der Waals surface area contributed by atoms with Gasteiger partial charge in [0.1, 0.15) is 17.3 Å². The van der Waals surface area contributed by atoms with Crippen molar-refractivity contribution in [2.75, 3.05) is 16.8 Å². The molecular weight excluding hydrogens is 329 g/mol. The molecule has 25 heavy (non-hydrogen) atoms. The van der Waals surface area contributed by atoms with Gasteiger partial charge >= 0.3 is 0 Å². The van der Waals surface area contributed by atoms with E-state index >= 15 is 0 Å². The highest BCUT2D eigenvalue weighted by atomic mass is 19.1. The second-order valence-corrected chi connectivity index (χ2v) is 6.34. The lowest BCUT2D eigenvalue weighted by Gasteiger charge is -2.32. The van der Waals surface area contributed by atoms with Gasteiger partial charge in [-0.1, -0.05) is 25.0 Å². The van der Waals surface area contributed by atoms with Gasteiger partial charge in [0.25, 0.3) is 0 Å². The van der Waals surface area contributed by atoms with Crippen molar-refractivity contribution in [3.63, 3.8) is 0 Å². The highest BCUT2D eigenvalue weighted by molar-refractivity contribution is 5.69. The minimum absolute atomic E-state index is 0.0847. The van der Waals surface area contributed by atoms with Crippen LogP contribution in [0.15, 0.2) is 24.4 Å². The average Bonchev–Trinajstić information content (AvgIpc) is 3.12. The normalized spacial score (nSPS) is 17.0. The first-order valence-electron chi connectivity index (χ1n) is 8.33. The molecular formula is C18H17F3N4. The number of hydrogen-bond acceptors (Lipinski definition) is 4. The Morgan fingerprint density at radius 3 is 2.52 bits per heavy atom. The van der Waals surface area contributed by atoms with Crippen LogP contribution in [0, 0.1) is 17.5 Å². The average molecular weight is 346 g/mol. The number of benzene rings is 1. The number of aromatic nitrogens is 2. The number of anilines is 3. The number of nitrogens with zero attached hydrogens (tertiary/aromatic N) is 3. The van der Waals surface area contributed by atoms with Crippen molar-refractivity contribution in [2.24, 2.45) is 0 Å².